The second-order valence-electron chi connectivity index (χ2n) is 11.4. The van der Waals surface area contributed by atoms with Gasteiger partial charge in [-0.2, -0.15) is 5.26 Å². The van der Waals surface area contributed by atoms with E-state index in [1.54, 1.807) is 24.4 Å². The number of carbonyl (C=O) groups excluding carboxylic acids is 3. The third kappa shape index (κ3) is 8.78. The Morgan fingerprint density at radius 1 is 1.18 bits per heavy atom. The van der Waals surface area contributed by atoms with Gasteiger partial charge >= 0.3 is 0 Å². The number of hydrogen-bond donors (Lipinski definition) is 2. The topological polar surface area (TPSA) is 118 Å². The molecule has 1 atom stereocenters. The maximum atomic E-state index is 15.1. The first-order chi connectivity index (χ1) is 21.3. The maximum absolute atomic E-state index is 15.1. The van der Waals surface area contributed by atoms with Gasteiger partial charge in [0.25, 0.3) is 0 Å². The van der Waals surface area contributed by atoms with E-state index in [0.717, 1.165) is 55.5 Å². The molecule has 0 bridgehead atoms. The molecule has 0 aliphatic carbocycles. The quantitative estimate of drug-likeness (QED) is 0.262. The third-order valence-electron chi connectivity index (χ3n) is 8.34. The molecule has 230 valence electrons. The number of nitriles is 1. The first-order valence-electron chi connectivity index (χ1n) is 14.9. The van der Waals surface area contributed by atoms with Crippen molar-refractivity contribution in [2.45, 2.75) is 51.7 Å². The van der Waals surface area contributed by atoms with Gasteiger partial charge in [-0.05, 0) is 80.6 Å². The van der Waals surface area contributed by atoms with Gasteiger partial charge in [0.05, 0.1) is 11.6 Å². The number of piperidine rings is 1. The van der Waals surface area contributed by atoms with E-state index in [0.29, 0.717) is 54.3 Å². The summed E-state index contributed by atoms with van der Waals surface area (Å²) in [4.78, 5) is 42.3. The number of carbonyl (C=O) groups is 3. The van der Waals surface area contributed by atoms with Crippen LogP contribution in [0.3, 0.4) is 0 Å². The predicted octanol–water partition coefficient (Wildman–Crippen LogP) is 4.45. The van der Waals surface area contributed by atoms with Gasteiger partial charge < -0.3 is 10.2 Å². The second kappa shape index (κ2) is 15.8. The molecule has 1 unspecified atom stereocenters. The SMILES string of the molecule is CC(CCC(=O)NC=O)N(C)Cc1cc(CNCC2CCN(c3ncc(-c4cccc(C#N)c4)cc3F)CC2)ccc1C=O. The summed E-state index contributed by atoms with van der Waals surface area (Å²) in [6.45, 7) is 5.53. The summed E-state index contributed by atoms with van der Waals surface area (Å²) in [5.41, 5.74) is 4.59. The number of imide groups is 1. The average Bonchev–Trinajstić information content (AvgIpc) is 3.04. The Morgan fingerprint density at radius 3 is 2.68 bits per heavy atom. The van der Waals surface area contributed by atoms with Gasteiger partial charge in [0, 0.05) is 56.0 Å². The number of benzene rings is 2. The van der Waals surface area contributed by atoms with Crippen molar-refractivity contribution in [2.75, 3.05) is 31.6 Å². The molecule has 9 nitrogen and oxygen atoms in total. The number of halogens is 1. The van der Waals surface area contributed by atoms with Crippen LogP contribution >= 0.6 is 0 Å². The maximum Gasteiger partial charge on any atom is 0.226 e. The monoisotopic (exact) mass is 598 g/mol. The Labute approximate surface area is 258 Å². The molecular weight excluding hydrogens is 559 g/mol. The van der Waals surface area contributed by atoms with E-state index >= 15 is 4.39 Å². The summed E-state index contributed by atoms with van der Waals surface area (Å²) in [6.07, 6.45) is 5.62. The van der Waals surface area contributed by atoms with Crippen molar-refractivity contribution in [3.63, 3.8) is 0 Å². The van der Waals surface area contributed by atoms with Crippen molar-refractivity contribution in [3.8, 4) is 17.2 Å². The van der Waals surface area contributed by atoms with Crippen LogP contribution in [0.25, 0.3) is 11.1 Å². The van der Waals surface area contributed by atoms with Crippen molar-refractivity contribution in [1.82, 2.24) is 20.5 Å². The molecule has 0 spiro atoms. The molecule has 1 fully saturated rings. The van der Waals surface area contributed by atoms with Crippen LogP contribution in [0.5, 0.6) is 0 Å². The molecule has 0 radical (unpaired) electrons. The predicted molar refractivity (Wildman–Crippen MR) is 167 cm³/mol. The molecule has 1 saturated heterocycles. The summed E-state index contributed by atoms with van der Waals surface area (Å²) in [5, 5.41) is 14.9. The molecule has 1 aromatic heterocycles. The number of anilines is 1. The van der Waals surface area contributed by atoms with Gasteiger partial charge in [0.2, 0.25) is 12.3 Å². The van der Waals surface area contributed by atoms with Crippen molar-refractivity contribution in [3.05, 3.63) is 82.8 Å². The molecule has 4 rings (SSSR count). The number of rotatable bonds is 14. The fourth-order valence-corrected chi connectivity index (χ4v) is 5.50. The minimum Gasteiger partial charge on any atom is -0.354 e. The summed E-state index contributed by atoms with van der Waals surface area (Å²) < 4.78 is 15.1. The number of nitrogens with zero attached hydrogens (tertiary/aromatic N) is 4. The standard InChI is InChI=1S/C34H39FN6O3/c1-24(6-9-33(44)39-23-43)40(2)21-31-15-27(7-8-29(31)22-42)19-37-18-25-10-12-41(13-11-25)34-32(35)16-30(20-38-34)28-5-3-4-26(14-28)17-36/h3-5,7-8,14-16,20,22-25,37H,6,9-13,18-19,21H2,1-2H3,(H,39,43,44). The van der Waals surface area contributed by atoms with Crippen LogP contribution < -0.4 is 15.5 Å². The van der Waals surface area contributed by atoms with Gasteiger partial charge in [-0.3, -0.25) is 24.6 Å². The van der Waals surface area contributed by atoms with Crippen LogP contribution in [0, 0.1) is 23.1 Å². The smallest absolute Gasteiger partial charge is 0.226 e. The Kier molecular flexibility index (Phi) is 11.7. The van der Waals surface area contributed by atoms with E-state index < -0.39 is 0 Å². The molecule has 2 N–H and O–H groups in total. The van der Waals surface area contributed by atoms with Crippen LogP contribution in [0.1, 0.15) is 59.7 Å². The van der Waals surface area contributed by atoms with Crippen molar-refractivity contribution in [2.24, 2.45) is 5.92 Å². The number of hydrogen-bond acceptors (Lipinski definition) is 8. The van der Waals surface area contributed by atoms with E-state index in [9.17, 15) is 14.4 Å². The zero-order chi connectivity index (χ0) is 31.5. The lowest BCUT2D eigenvalue weighted by Crippen LogP contribution is -2.38. The fourth-order valence-electron chi connectivity index (χ4n) is 5.50. The van der Waals surface area contributed by atoms with Gasteiger partial charge in [0.1, 0.15) is 6.29 Å². The summed E-state index contributed by atoms with van der Waals surface area (Å²) in [6, 6.07) is 16.6. The number of pyridine rings is 1. The third-order valence-corrected chi connectivity index (χ3v) is 8.34. The van der Waals surface area contributed by atoms with E-state index in [4.69, 9.17) is 5.26 Å². The van der Waals surface area contributed by atoms with Gasteiger partial charge in [-0.25, -0.2) is 9.37 Å². The molecule has 2 heterocycles. The summed E-state index contributed by atoms with van der Waals surface area (Å²) in [5.74, 6) is 0.160. The normalized spacial score (nSPS) is 14.2. The Balaban J connectivity index is 1.25. The van der Waals surface area contributed by atoms with Gasteiger partial charge in [-0.1, -0.05) is 30.3 Å². The Morgan fingerprint density at radius 2 is 1.98 bits per heavy atom. The molecule has 10 heteroatoms. The first-order valence-corrected chi connectivity index (χ1v) is 14.9. The fraction of sp³-hybridized carbons (Fsp3) is 0.382. The minimum atomic E-state index is -0.362. The van der Waals surface area contributed by atoms with Gasteiger partial charge in [0.15, 0.2) is 11.6 Å². The zero-order valence-electron chi connectivity index (χ0n) is 25.3. The molecule has 44 heavy (non-hydrogen) atoms. The highest BCUT2D eigenvalue weighted by atomic mass is 19.1. The van der Waals surface area contributed by atoms with Crippen LogP contribution in [-0.4, -0.2) is 61.2 Å². The lowest BCUT2D eigenvalue weighted by atomic mass is 9.96. The van der Waals surface area contributed by atoms with Crippen molar-refractivity contribution < 1.29 is 18.8 Å². The molecule has 2 amide bonds. The molecule has 3 aromatic rings. The van der Waals surface area contributed by atoms with Crippen LogP contribution in [0.2, 0.25) is 0 Å². The van der Waals surface area contributed by atoms with Crippen molar-refractivity contribution in [1.29, 1.82) is 5.26 Å². The highest BCUT2D eigenvalue weighted by molar-refractivity contribution is 5.85. The number of aromatic nitrogens is 1. The van der Waals surface area contributed by atoms with E-state index in [1.807, 2.05) is 37.1 Å². The van der Waals surface area contributed by atoms with E-state index in [2.05, 4.69) is 32.7 Å². The summed E-state index contributed by atoms with van der Waals surface area (Å²) in [7, 11) is 1.96. The van der Waals surface area contributed by atoms with Crippen molar-refractivity contribution >= 4 is 24.4 Å². The average molecular weight is 599 g/mol. The van der Waals surface area contributed by atoms with Crippen LogP contribution in [0.4, 0.5) is 10.2 Å². The Bertz CT molecular complexity index is 1500. The molecule has 1 aliphatic rings. The van der Waals surface area contributed by atoms with E-state index in [-0.39, 0.29) is 24.2 Å². The number of amides is 2. The van der Waals surface area contributed by atoms with Gasteiger partial charge in [-0.15, -0.1) is 0 Å². The van der Waals surface area contributed by atoms with Crippen LogP contribution in [-0.2, 0) is 22.7 Å². The largest absolute Gasteiger partial charge is 0.354 e. The first kappa shape index (κ1) is 32.5. The zero-order valence-corrected chi connectivity index (χ0v) is 25.3. The highest BCUT2D eigenvalue weighted by Gasteiger charge is 2.22. The molecular formula is C34H39FN6O3. The lowest BCUT2D eigenvalue weighted by Gasteiger charge is -2.33. The van der Waals surface area contributed by atoms with Crippen LogP contribution in [0.15, 0.2) is 54.7 Å². The molecule has 0 saturated carbocycles. The lowest BCUT2D eigenvalue weighted by molar-refractivity contribution is -0.125. The Hall–Kier alpha value is -4.46. The number of aldehydes is 1. The summed E-state index contributed by atoms with van der Waals surface area (Å²) >= 11 is 0. The highest BCUT2D eigenvalue weighted by Crippen LogP contribution is 2.28. The minimum absolute atomic E-state index is 0.0858. The second-order valence-corrected chi connectivity index (χ2v) is 11.4. The number of nitrogens with one attached hydrogen (secondary N) is 2. The van der Waals surface area contributed by atoms with E-state index in [1.165, 1.54) is 6.07 Å². The molecule has 1 aliphatic heterocycles. The molecule has 2 aromatic carbocycles.